The van der Waals surface area contributed by atoms with Gasteiger partial charge in [-0.25, -0.2) is 0 Å². The van der Waals surface area contributed by atoms with Gasteiger partial charge in [0.05, 0.1) is 7.11 Å². The molecular formula is C12H24N2O2. The van der Waals surface area contributed by atoms with Crippen LogP contribution in [0.5, 0.6) is 0 Å². The number of carbonyl (C=O) groups excluding carboxylic acids is 1. The van der Waals surface area contributed by atoms with Crippen molar-refractivity contribution >= 4 is 5.97 Å². The van der Waals surface area contributed by atoms with Gasteiger partial charge in [0, 0.05) is 32.2 Å². The van der Waals surface area contributed by atoms with Crippen LogP contribution < -0.4 is 0 Å². The molecule has 0 spiro atoms. The molecule has 0 aromatic rings. The molecule has 0 saturated carbocycles. The van der Waals surface area contributed by atoms with Crippen LogP contribution in [-0.2, 0) is 9.53 Å². The van der Waals surface area contributed by atoms with Crippen LogP contribution in [0.4, 0.5) is 0 Å². The lowest BCUT2D eigenvalue weighted by Gasteiger charge is -2.39. The Morgan fingerprint density at radius 3 is 2.12 bits per heavy atom. The standard InChI is InChI=1S/C12H24N2O2/c1-5-10(2)13-6-8-14(9-7-13)11(3)12(15)16-4/h10-11H,5-9H2,1-4H3. The van der Waals surface area contributed by atoms with Gasteiger partial charge >= 0.3 is 5.97 Å². The Morgan fingerprint density at radius 1 is 1.19 bits per heavy atom. The lowest BCUT2D eigenvalue weighted by atomic mass is 10.1. The highest BCUT2D eigenvalue weighted by Crippen LogP contribution is 2.11. The molecule has 1 fully saturated rings. The van der Waals surface area contributed by atoms with E-state index < -0.39 is 0 Å². The fraction of sp³-hybridized carbons (Fsp3) is 0.917. The van der Waals surface area contributed by atoms with E-state index in [1.165, 1.54) is 13.5 Å². The maximum atomic E-state index is 11.4. The number of carbonyl (C=O) groups is 1. The van der Waals surface area contributed by atoms with Crippen molar-refractivity contribution in [2.75, 3.05) is 33.3 Å². The molecule has 0 radical (unpaired) electrons. The van der Waals surface area contributed by atoms with Crippen molar-refractivity contribution in [1.82, 2.24) is 9.80 Å². The average molecular weight is 228 g/mol. The monoisotopic (exact) mass is 228 g/mol. The van der Waals surface area contributed by atoms with Gasteiger partial charge in [-0.05, 0) is 20.3 Å². The minimum atomic E-state index is -0.128. The Hall–Kier alpha value is -0.610. The zero-order valence-electron chi connectivity index (χ0n) is 10.9. The number of esters is 1. The minimum absolute atomic E-state index is 0.107. The van der Waals surface area contributed by atoms with Crippen molar-refractivity contribution in [3.05, 3.63) is 0 Å². The molecule has 0 amide bonds. The fourth-order valence-corrected chi connectivity index (χ4v) is 2.14. The molecule has 0 bridgehead atoms. The van der Waals surface area contributed by atoms with Crippen molar-refractivity contribution in [3.63, 3.8) is 0 Å². The summed E-state index contributed by atoms with van der Waals surface area (Å²) in [6.45, 7) is 10.4. The molecular weight excluding hydrogens is 204 g/mol. The summed E-state index contributed by atoms with van der Waals surface area (Å²) in [7, 11) is 1.45. The van der Waals surface area contributed by atoms with E-state index >= 15 is 0 Å². The van der Waals surface area contributed by atoms with E-state index in [0.717, 1.165) is 26.2 Å². The average Bonchev–Trinajstić information content (AvgIpc) is 2.36. The molecule has 1 aliphatic rings. The molecule has 0 aliphatic carbocycles. The van der Waals surface area contributed by atoms with Crippen LogP contribution in [0.2, 0.25) is 0 Å². The van der Waals surface area contributed by atoms with Gasteiger partial charge in [-0.2, -0.15) is 0 Å². The normalized spacial score (nSPS) is 22.8. The molecule has 16 heavy (non-hydrogen) atoms. The van der Waals surface area contributed by atoms with Crippen LogP contribution in [0.3, 0.4) is 0 Å². The smallest absolute Gasteiger partial charge is 0.322 e. The SMILES string of the molecule is CCC(C)N1CCN(C(C)C(=O)OC)CC1. The van der Waals surface area contributed by atoms with Crippen LogP contribution in [0.15, 0.2) is 0 Å². The summed E-state index contributed by atoms with van der Waals surface area (Å²) in [5, 5.41) is 0. The predicted molar refractivity (Wildman–Crippen MR) is 64.4 cm³/mol. The first-order chi connectivity index (χ1) is 7.60. The van der Waals surface area contributed by atoms with E-state index in [2.05, 4.69) is 23.6 Å². The van der Waals surface area contributed by atoms with Crippen molar-refractivity contribution in [2.24, 2.45) is 0 Å². The Balaban J connectivity index is 2.39. The molecule has 1 heterocycles. The molecule has 4 heteroatoms. The molecule has 1 rings (SSSR count). The Bertz CT molecular complexity index is 225. The molecule has 0 N–H and O–H groups in total. The van der Waals surface area contributed by atoms with Crippen LogP contribution in [0.1, 0.15) is 27.2 Å². The number of methoxy groups -OCH3 is 1. The Kier molecular flexibility index (Phi) is 5.22. The van der Waals surface area contributed by atoms with Gasteiger partial charge in [0.1, 0.15) is 6.04 Å². The van der Waals surface area contributed by atoms with Gasteiger partial charge in [0.25, 0.3) is 0 Å². The molecule has 2 unspecified atom stereocenters. The third-order valence-electron chi connectivity index (χ3n) is 3.65. The van der Waals surface area contributed by atoms with Crippen LogP contribution in [-0.4, -0.2) is 61.1 Å². The topological polar surface area (TPSA) is 32.8 Å². The highest BCUT2D eigenvalue weighted by molar-refractivity contribution is 5.75. The van der Waals surface area contributed by atoms with Gasteiger partial charge in [-0.15, -0.1) is 0 Å². The number of nitrogens with zero attached hydrogens (tertiary/aromatic N) is 2. The summed E-state index contributed by atoms with van der Waals surface area (Å²) in [5.74, 6) is -0.128. The first kappa shape index (κ1) is 13.5. The maximum absolute atomic E-state index is 11.4. The number of rotatable bonds is 4. The van der Waals surface area contributed by atoms with E-state index in [1.807, 2.05) is 6.92 Å². The zero-order valence-corrected chi connectivity index (χ0v) is 10.9. The Morgan fingerprint density at radius 2 is 1.69 bits per heavy atom. The van der Waals surface area contributed by atoms with Crippen LogP contribution in [0, 0.1) is 0 Å². The summed E-state index contributed by atoms with van der Waals surface area (Å²) >= 11 is 0. The third kappa shape index (κ3) is 3.19. The number of ether oxygens (including phenoxy) is 1. The van der Waals surface area contributed by atoms with Crippen LogP contribution >= 0.6 is 0 Å². The molecule has 1 saturated heterocycles. The number of hydrogen-bond acceptors (Lipinski definition) is 4. The summed E-state index contributed by atoms with van der Waals surface area (Å²) in [6, 6.07) is 0.541. The minimum Gasteiger partial charge on any atom is -0.468 e. The maximum Gasteiger partial charge on any atom is 0.322 e. The second-order valence-electron chi connectivity index (χ2n) is 4.53. The van der Waals surface area contributed by atoms with Gasteiger partial charge in [-0.3, -0.25) is 14.6 Å². The molecule has 0 aromatic carbocycles. The van der Waals surface area contributed by atoms with E-state index in [0.29, 0.717) is 6.04 Å². The highest BCUT2D eigenvalue weighted by Gasteiger charge is 2.27. The first-order valence-corrected chi connectivity index (χ1v) is 6.16. The van der Waals surface area contributed by atoms with Crippen LogP contribution in [0.25, 0.3) is 0 Å². The fourth-order valence-electron chi connectivity index (χ4n) is 2.14. The highest BCUT2D eigenvalue weighted by atomic mass is 16.5. The number of hydrogen-bond donors (Lipinski definition) is 0. The molecule has 1 aliphatic heterocycles. The zero-order chi connectivity index (χ0) is 12.1. The lowest BCUT2D eigenvalue weighted by molar-refractivity contribution is -0.147. The van der Waals surface area contributed by atoms with Gasteiger partial charge < -0.3 is 4.74 Å². The van der Waals surface area contributed by atoms with Crippen molar-refractivity contribution in [1.29, 1.82) is 0 Å². The van der Waals surface area contributed by atoms with E-state index in [-0.39, 0.29) is 12.0 Å². The van der Waals surface area contributed by atoms with E-state index in [1.54, 1.807) is 0 Å². The van der Waals surface area contributed by atoms with Crippen molar-refractivity contribution in [3.8, 4) is 0 Å². The third-order valence-corrected chi connectivity index (χ3v) is 3.65. The first-order valence-electron chi connectivity index (χ1n) is 6.16. The quantitative estimate of drug-likeness (QED) is 0.671. The van der Waals surface area contributed by atoms with Gasteiger partial charge in [0.2, 0.25) is 0 Å². The lowest BCUT2D eigenvalue weighted by Crippen LogP contribution is -2.53. The van der Waals surface area contributed by atoms with Crippen molar-refractivity contribution < 1.29 is 9.53 Å². The molecule has 4 nitrogen and oxygen atoms in total. The summed E-state index contributed by atoms with van der Waals surface area (Å²) in [4.78, 5) is 16.1. The molecule has 94 valence electrons. The predicted octanol–water partition coefficient (Wildman–Crippen LogP) is 0.964. The molecule has 0 aromatic heterocycles. The van der Waals surface area contributed by atoms with Gasteiger partial charge in [0.15, 0.2) is 0 Å². The largest absolute Gasteiger partial charge is 0.468 e. The van der Waals surface area contributed by atoms with E-state index in [9.17, 15) is 4.79 Å². The van der Waals surface area contributed by atoms with Gasteiger partial charge in [-0.1, -0.05) is 6.92 Å². The Labute approximate surface area is 98.5 Å². The van der Waals surface area contributed by atoms with Crippen molar-refractivity contribution in [2.45, 2.75) is 39.3 Å². The second-order valence-corrected chi connectivity index (χ2v) is 4.53. The number of piperazine rings is 1. The van der Waals surface area contributed by atoms with E-state index in [4.69, 9.17) is 4.74 Å². The summed E-state index contributed by atoms with van der Waals surface area (Å²) in [6.07, 6.45) is 1.19. The second kappa shape index (κ2) is 6.21. The summed E-state index contributed by atoms with van der Waals surface area (Å²) in [5.41, 5.74) is 0. The summed E-state index contributed by atoms with van der Waals surface area (Å²) < 4.78 is 4.77. The molecule has 2 atom stereocenters.